The molecule has 0 unspecified atom stereocenters. The number of benzene rings is 2. The summed E-state index contributed by atoms with van der Waals surface area (Å²) in [6, 6.07) is 9.87. The summed E-state index contributed by atoms with van der Waals surface area (Å²) in [6.45, 7) is 2.98. The Balaban J connectivity index is 0.000000260. The van der Waals surface area contributed by atoms with Crippen molar-refractivity contribution in [3.8, 4) is 0 Å². The highest BCUT2D eigenvalue weighted by atomic mass is 35.5. The lowest BCUT2D eigenvalue weighted by molar-refractivity contribution is 0.0306. The molecule has 0 bridgehead atoms. The first kappa shape index (κ1) is 23.5. The molecule has 0 saturated heterocycles. The van der Waals surface area contributed by atoms with E-state index in [-0.39, 0.29) is 10.0 Å². The molecule has 0 aromatic heterocycles. The molecule has 4 atom stereocenters. The average Bonchev–Trinajstić information content (AvgIpc) is 2.59. The van der Waals surface area contributed by atoms with E-state index in [4.69, 9.17) is 56.6 Å². The topological polar surface area (TPSA) is 80.9 Å². The molecule has 0 aliphatic heterocycles. The minimum absolute atomic E-state index is 0.289. The lowest BCUT2D eigenvalue weighted by Gasteiger charge is -2.15. The normalized spacial score (nSPS) is 15.5. The van der Waals surface area contributed by atoms with Crippen molar-refractivity contribution in [2.24, 2.45) is 0 Å². The summed E-state index contributed by atoms with van der Waals surface area (Å²) in [7, 11) is 0. The molecule has 0 amide bonds. The third kappa shape index (κ3) is 6.25. The molecule has 0 saturated carbocycles. The maximum atomic E-state index is 9.51. The van der Waals surface area contributed by atoms with Crippen LogP contribution in [0.3, 0.4) is 0 Å². The molecule has 4 nitrogen and oxygen atoms in total. The number of hydrogen-bond donors (Lipinski definition) is 4. The van der Waals surface area contributed by atoms with Crippen molar-refractivity contribution in [2.45, 2.75) is 38.3 Å². The minimum Gasteiger partial charge on any atom is -0.390 e. The lowest BCUT2D eigenvalue weighted by Crippen LogP contribution is -2.14. The van der Waals surface area contributed by atoms with Crippen LogP contribution in [0.2, 0.25) is 20.1 Å². The molecule has 0 fully saturated rings. The van der Waals surface area contributed by atoms with Gasteiger partial charge in [0.2, 0.25) is 0 Å². The van der Waals surface area contributed by atoms with E-state index in [0.29, 0.717) is 21.2 Å². The zero-order chi connectivity index (χ0) is 20.0. The van der Waals surface area contributed by atoms with E-state index in [2.05, 4.69) is 0 Å². The highest BCUT2D eigenvalue weighted by Gasteiger charge is 2.18. The van der Waals surface area contributed by atoms with Crippen LogP contribution in [0.5, 0.6) is 0 Å². The molecule has 8 heteroatoms. The van der Waals surface area contributed by atoms with E-state index in [1.165, 1.54) is 13.8 Å². The highest BCUT2D eigenvalue weighted by molar-refractivity contribution is 6.43. The van der Waals surface area contributed by atoms with Crippen molar-refractivity contribution in [1.29, 1.82) is 0 Å². The van der Waals surface area contributed by atoms with Crippen LogP contribution >= 0.6 is 46.4 Å². The van der Waals surface area contributed by atoms with Gasteiger partial charge < -0.3 is 20.4 Å². The first-order valence-electron chi connectivity index (χ1n) is 7.68. The quantitative estimate of drug-likeness (QED) is 0.548. The van der Waals surface area contributed by atoms with Gasteiger partial charge in [-0.05, 0) is 26.0 Å². The van der Waals surface area contributed by atoms with E-state index < -0.39 is 24.4 Å². The molecule has 0 radical (unpaired) electrons. The molecular weight excluding hydrogens is 422 g/mol. The van der Waals surface area contributed by atoms with E-state index in [0.717, 1.165) is 0 Å². The molecule has 2 rings (SSSR count). The van der Waals surface area contributed by atoms with Gasteiger partial charge in [0.1, 0.15) is 12.2 Å². The number of rotatable bonds is 4. The number of aliphatic hydroxyl groups excluding tert-OH is 4. The fourth-order valence-electron chi connectivity index (χ4n) is 2.02. The smallest absolute Gasteiger partial charge is 0.106 e. The van der Waals surface area contributed by atoms with Crippen LogP contribution in [-0.4, -0.2) is 32.6 Å². The van der Waals surface area contributed by atoms with Gasteiger partial charge in [0.25, 0.3) is 0 Å². The van der Waals surface area contributed by atoms with Crippen molar-refractivity contribution in [1.82, 2.24) is 0 Å². The largest absolute Gasteiger partial charge is 0.390 e. The molecule has 2 aromatic rings. The van der Waals surface area contributed by atoms with Gasteiger partial charge in [-0.2, -0.15) is 0 Å². The van der Waals surface area contributed by atoms with Crippen molar-refractivity contribution in [2.75, 3.05) is 0 Å². The highest BCUT2D eigenvalue weighted by Crippen LogP contribution is 2.32. The molecule has 0 heterocycles. The van der Waals surface area contributed by atoms with Crippen LogP contribution in [0.1, 0.15) is 37.2 Å². The SMILES string of the molecule is C[C@@H](O)[C@H](O)c1cccc(Cl)c1Cl.C[C@H](O)[C@@H](O)c1cccc(Cl)c1Cl. The van der Waals surface area contributed by atoms with Gasteiger partial charge in [-0.15, -0.1) is 0 Å². The van der Waals surface area contributed by atoms with Crippen molar-refractivity contribution in [3.05, 3.63) is 67.6 Å². The summed E-state index contributed by atoms with van der Waals surface area (Å²) in [4.78, 5) is 0. The van der Waals surface area contributed by atoms with Gasteiger partial charge in [-0.3, -0.25) is 0 Å². The average molecular weight is 442 g/mol. The standard InChI is InChI=1S/2C9H10Cl2O2/c2*1-5(12)9(13)6-3-2-4-7(10)8(6)11/h2*2-5,9,12-13H,1H3/t2*5-,9+/m10/s1. The third-order valence-corrected chi connectivity index (χ3v) is 5.18. The van der Waals surface area contributed by atoms with Crippen LogP contribution in [0.4, 0.5) is 0 Å². The van der Waals surface area contributed by atoms with Gasteiger partial charge in [-0.25, -0.2) is 0 Å². The van der Waals surface area contributed by atoms with Crippen molar-refractivity contribution < 1.29 is 20.4 Å². The summed E-state index contributed by atoms with van der Waals surface area (Å²) >= 11 is 23.1. The first-order chi connectivity index (χ1) is 12.1. The Morgan fingerprint density at radius 3 is 1.19 bits per heavy atom. The van der Waals surface area contributed by atoms with Crippen LogP contribution in [-0.2, 0) is 0 Å². The number of hydrogen-bond acceptors (Lipinski definition) is 4. The lowest BCUT2D eigenvalue weighted by atomic mass is 10.1. The van der Waals surface area contributed by atoms with E-state index in [1.807, 2.05) is 0 Å². The van der Waals surface area contributed by atoms with Gasteiger partial charge in [0.05, 0.1) is 32.3 Å². The molecule has 2 aromatic carbocycles. The summed E-state index contributed by atoms with van der Waals surface area (Å²) < 4.78 is 0. The molecule has 26 heavy (non-hydrogen) atoms. The fraction of sp³-hybridized carbons (Fsp3) is 0.333. The monoisotopic (exact) mass is 440 g/mol. The maximum absolute atomic E-state index is 9.51. The van der Waals surface area contributed by atoms with Gasteiger partial charge >= 0.3 is 0 Å². The Morgan fingerprint density at radius 2 is 0.923 bits per heavy atom. The van der Waals surface area contributed by atoms with Crippen LogP contribution in [0.15, 0.2) is 36.4 Å². The number of aliphatic hydroxyl groups is 4. The molecule has 0 aliphatic rings. The Labute approximate surface area is 172 Å². The molecule has 144 valence electrons. The summed E-state index contributed by atoms with van der Waals surface area (Å²) in [5, 5.41) is 38.6. The zero-order valence-corrected chi connectivity index (χ0v) is 17.1. The predicted molar refractivity (Wildman–Crippen MR) is 106 cm³/mol. The van der Waals surface area contributed by atoms with E-state index in [9.17, 15) is 10.2 Å². The molecule has 4 N–H and O–H groups in total. The van der Waals surface area contributed by atoms with Crippen LogP contribution < -0.4 is 0 Å². The predicted octanol–water partition coefficient (Wildman–Crippen LogP) is 4.82. The van der Waals surface area contributed by atoms with Crippen molar-refractivity contribution >= 4 is 46.4 Å². The van der Waals surface area contributed by atoms with E-state index in [1.54, 1.807) is 36.4 Å². The molecule has 0 aliphatic carbocycles. The minimum atomic E-state index is -0.994. The van der Waals surface area contributed by atoms with Crippen LogP contribution in [0.25, 0.3) is 0 Å². The molecule has 0 spiro atoms. The third-order valence-electron chi connectivity index (χ3n) is 3.51. The van der Waals surface area contributed by atoms with Gasteiger partial charge in [0, 0.05) is 11.1 Å². The Morgan fingerprint density at radius 1 is 0.615 bits per heavy atom. The summed E-state index contributed by atoms with van der Waals surface area (Å²) in [5.41, 5.74) is 0.897. The van der Waals surface area contributed by atoms with Gasteiger partial charge in [-0.1, -0.05) is 70.7 Å². The number of halogens is 4. The zero-order valence-electron chi connectivity index (χ0n) is 14.1. The van der Waals surface area contributed by atoms with E-state index >= 15 is 0 Å². The van der Waals surface area contributed by atoms with Crippen LogP contribution in [0, 0.1) is 0 Å². The Kier molecular flexibility index (Phi) is 9.65. The van der Waals surface area contributed by atoms with Crippen molar-refractivity contribution in [3.63, 3.8) is 0 Å². The first-order valence-corrected chi connectivity index (χ1v) is 9.19. The summed E-state index contributed by atoms with van der Waals surface area (Å²) in [5.74, 6) is 0. The Hall–Kier alpha value is -0.560. The Bertz CT molecular complexity index is 661. The second-order valence-corrected chi connectivity index (χ2v) is 7.23. The second kappa shape index (κ2) is 10.7. The maximum Gasteiger partial charge on any atom is 0.106 e. The molecular formula is C18H20Cl4O4. The fourth-order valence-corrected chi connectivity index (χ4v) is 2.86. The van der Waals surface area contributed by atoms with Gasteiger partial charge in [0.15, 0.2) is 0 Å². The summed E-state index contributed by atoms with van der Waals surface area (Å²) in [6.07, 6.45) is -3.72. The second-order valence-electron chi connectivity index (χ2n) is 5.66.